The van der Waals surface area contributed by atoms with Crippen LogP contribution in [-0.2, 0) is 6.54 Å². The maximum Gasteiger partial charge on any atom is 0.135 e. The Hall–Kier alpha value is -4.34. The Morgan fingerprint density at radius 2 is 1.35 bits per heavy atom. The summed E-state index contributed by atoms with van der Waals surface area (Å²) in [5.74, 6) is 0. The Labute approximate surface area is 196 Å². The molecule has 0 saturated heterocycles. The predicted molar refractivity (Wildman–Crippen MR) is 141 cm³/mol. The van der Waals surface area contributed by atoms with Crippen molar-refractivity contribution in [2.45, 2.75) is 6.54 Å². The molecular formula is C31H22N2O. The Kier molecular flexibility index (Phi) is 4.14. The summed E-state index contributed by atoms with van der Waals surface area (Å²) < 4.78 is 8.47. The normalized spacial score (nSPS) is 11.8. The second kappa shape index (κ2) is 7.34. The van der Waals surface area contributed by atoms with E-state index in [1.54, 1.807) is 0 Å². The largest absolute Gasteiger partial charge is 0.456 e. The lowest BCUT2D eigenvalue weighted by Gasteiger charge is -2.09. The third kappa shape index (κ3) is 2.74. The average Bonchev–Trinajstić information content (AvgIpc) is 3.44. The quantitative estimate of drug-likeness (QED) is 0.306. The number of fused-ring (bicyclic) bond motifs is 6. The van der Waals surface area contributed by atoms with E-state index < -0.39 is 0 Å². The number of nitrogens with two attached hydrogens (primary N) is 1. The van der Waals surface area contributed by atoms with Gasteiger partial charge in [-0.05, 0) is 59.2 Å². The van der Waals surface area contributed by atoms with Gasteiger partial charge in [0.1, 0.15) is 11.2 Å². The summed E-state index contributed by atoms with van der Waals surface area (Å²) in [6.45, 7) is 0.485. The molecule has 34 heavy (non-hydrogen) atoms. The van der Waals surface area contributed by atoms with Crippen LogP contribution < -0.4 is 5.73 Å². The lowest BCUT2D eigenvalue weighted by atomic mass is 10.00. The number of para-hydroxylation sites is 2. The van der Waals surface area contributed by atoms with Crippen LogP contribution in [0.25, 0.3) is 60.6 Å². The molecular weight excluding hydrogens is 416 g/mol. The monoisotopic (exact) mass is 438 g/mol. The first-order chi connectivity index (χ1) is 16.8. The third-order valence-corrected chi connectivity index (χ3v) is 6.82. The lowest BCUT2D eigenvalue weighted by molar-refractivity contribution is 0.668. The number of benzene rings is 5. The molecule has 0 radical (unpaired) electrons. The van der Waals surface area contributed by atoms with Crippen LogP contribution in [0.2, 0.25) is 0 Å². The number of aromatic nitrogens is 1. The fourth-order valence-corrected chi connectivity index (χ4v) is 5.26. The highest BCUT2D eigenvalue weighted by Gasteiger charge is 2.15. The van der Waals surface area contributed by atoms with Crippen molar-refractivity contribution in [1.29, 1.82) is 0 Å². The Morgan fingerprint density at radius 3 is 2.24 bits per heavy atom. The van der Waals surface area contributed by atoms with Crippen LogP contribution in [0, 0.1) is 0 Å². The molecule has 7 rings (SSSR count). The maximum atomic E-state index is 6.11. The molecule has 7 aromatic rings. The molecule has 0 fully saturated rings. The van der Waals surface area contributed by atoms with Gasteiger partial charge in [0.2, 0.25) is 0 Å². The van der Waals surface area contributed by atoms with E-state index in [9.17, 15) is 0 Å². The highest BCUT2D eigenvalue weighted by molar-refractivity contribution is 6.11. The number of furan rings is 1. The summed E-state index contributed by atoms with van der Waals surface area (Å²) in [5.41, 5.74) is 14.8. The molecule has 0 aliphatic heterocycles. The summed E-state index contributed by atoms with van der Waals surface area (Å²) >= 11 is 0. The molecule has 0 aliphatic carbocycles. The van der Waals surface area contributed by atoms with Crippen molar-refractivity contribution in [1.82, 2.24) is 4.57 Å². The van der Waals surface area contributed by atoms with Gasteiger partial charge in [0.15, 0.2) is 0 Å². The first kappa shape index (κ1) is 19.2. The van der Waals surface area contributed by atoms with Gasteiger partial charge in [0.05, 0.1) is 11.0 Å². The van der Waals surface area contributed by atoms with Gasteiger partial charge in [0, 0.05) is 33.8 Å². The smallest absolute Gasteiger partial charge is 0.135 e. The van der Waals surface area contributed by atoms with Crippen LogP contribution >= 0.6 is 0 Å². The first-order valence-electron chi connectivity index (χ1n) is 11.5. The summed E-state index contributed by atoms with van der Waals surface area (Å²) in [6, 6.07) is 38.5. The molecule has 0 amide bonds. The van der Waals surface area contributed by atoms with Gasteiger partial charge in [-0.25, -0.2) is 0 Å². The van der Waals surface area contributed by atoms with Gasteiger partial charge in [-0.3, -0.25) is 0 Å². The summed E-state index contributed by atoms with van der Waals surface area (Å²) in [4.78, 5) is 0. The minimum Gasteiger partial charge on any atom is -0.456 e. The van der Waals surface area contributed by atoms with E-state index in [4.69, 9.17) is 10.2 Å². The van der Waals surface area contributed by atoms with E-state index in [2.05, 4.69) is 102 Å². The molecule has 0 aliphatic rings. The van der Waals surface area contributed by atoms with Crippen LogP contribution in [0.4, 0.5) is 0 Å². The Bertz CT molecular complexity index is 1840. The van der Waals surface area contributed by atoms with Gasteiger partial charge in [-0.15, -0.1) is 0 Å². The molecule has 162 valence electrons. The standard InChI is InChI=1S/C31H22N2O/c32-19-22-7-6-12-30-31(22)26-17-20(14-16-29(26)34-30)21-13-15-25-24-10-4-5-11-27(24)33(28(25)18-21)23-8-2-1-3-9-23/h1-18H,19,32H2. The van der Waals surface area contributed by atoms with Gasteiger partial charge in [-0.1, -0.05) is 66.7 Å². The maximum absolute atomic E-state index is 6.11. The molecule has 0 unspecified atom stereocenters. The van der Waals surface area contributed by atoms with Crippen LogP contribution in [0.15, 0.2) is 114 Å². The average molecular weight is 439 g/mol. The van der Waals surface area contributed by atoms with Crippen molar-refractivity contribution >= 4 is 43.7 Å². The second-order valence-corrected chi connectivity index (χ2v) is 8.73. The molecule has 2 heterocycles. The topological polar surface area (TPSA) is 44.1 Å². The highest BCUT2D eigenvalue weighted by Crippen LogP contribution is 2.37. The zero-order valence-corrected chi connectivity index (χ0v) is 18.5. The predicted octanol–water partition coefficient (Wildman–Crippen LogP) is 7.81. The second-order valence-electron chi connectivity index (χ2n) is 8.73. The van der Waals surface area contributed by atoms with Crippen molar-refractivity contribution in [3.8, 4) is 16.8 Å². The third-order valence-electron chi connectivity index (χ3n) is 6.82. The molecule has 0 saturated carbocycles. The zero-order chi connectivity index (χ0) is 22.6. The summed E-state index contributed by atoms with van der Waals surface area (Å²) in [5, 5.41) is 4.74. The summed E-state index contributed by atoms with van der Waals surface area (Å²) in [7, 11) is 0. The van der Waals surface area contributed by atoms with Gasteiger partial charge in [0.25, 0.3) is 0 Å². The van der Waals surface area contributed by atoms with E-state index in [-0.39, 0.29) is 0 Å². The molecule has 5 aromatic carbocycles. The zero-order valence-electron chi connectivity index (χ0n) is 18.5. The molecule has 2 aromatic heterocycles. The Balaban J connectivity index is 1.50. The van der Waals surface area contributed by atoms with Gasteiger partial charge < -0.3 is 14.7 Å². The van der Waals surface area contributed by atoms with E-state index in [1.807, 2.05) is 12.1 Å². The number of nitrogens with zero attached hydrogens (tertiary/aromatic N) is 1. The summed E-state index contributed by atoms with van der Waals surface area (Å²) in [6.07, 6.45) is 0. The van der Waals surface area contributed by atoms with Crippen molar-refractivity contribution < 1.29 is 4.42 Å². The van der Waals surface area contributed by atoms with Crippen LogP contribution in [-0.4, -0.2) is 4.57 Å². The lowest BCUT2D eigenvalue weighted by Crippen LogP contribution is -1.96. The first-order valence-corrected chi connectivity index (χ1v) is 11.5. The fraction of sp³-hybridized carbons (Fsp3) is 0.0323. The van der Waals surface area contributed by atoms with Crippen molar-refractivity contribution in [2.75, 3.05) is 0 Å². The van der Waals surface area contributed by atoms with E-state index >= 15 is 0 Å². The molecule has 3 nitrogen and oxygen atoms in total. The minimum absolute atomic E-state index is 0.485. The number of hydrogen-bond donors (Lipinski definition) is 1. The SMILES string of the molecule is NCc1cccc2oc3ccc(-c4ccc5c6ccccc6n(-c6ccccc6)c5c4)cc3c12. The van der Waals surface area contributed by atoms with Crippen molar-refractivity contribution in [3.63, 3.8) is 0 Å². The number of rotatable bonds is 3. The Morgan fingerprint density at radius 1 is 0.588 bits per heavy atom. The van der Waals surface area contributed by atoms with Crippen molar-refractivity contribution in [2.24, 2.45) is 5.73 Å². The minimum atomic E-state index is 0.485. The molecule has 2 N–H and O–H groups in total. The molecule has 0 spiro atoms. The van der Waals surface area contributed by atoms with Crippen LogP contribution in [0.5, 0.6) is 0 Å². The van der Waals surface area contributed by atoms with Crippen molar-refractivity contribution in [3.05, 3.63) is 115 Å². The van der Waals surface area contributed by atoms with Crippen LogP contribution in [0.1, 0.15) is 5.56 Å². The van der Waals surface area contributed by atoms with Crippen LogP contribution in [0.3, 0.4) is 0 Å². The molecule has 3 heteroatoms. The molecule has 0 bridgehead atoms. The molecule has 0 atom stereocenters. The number of hydrogen-bond acceptors (Lipinski definition) is 2. The van der Waals surface area contributed by atoms with E-state index in [0.29, 0.717) is 6.54 Å². The fourth-order valence-electron chi connectivity index (χ4n) is 5.26. The van der Waals surface area contributed by atoms with Gasteiger partial charge in [-0.2, -0.15) is 0 Å². The van der Waals surface area contributed by atoms with Gasteiger partial charge >= 0.3 is 0 Å². The van der Waals surface area contributed by atoms with E-state index in [0.717, 1.165) is 38.8 Å². The van der Waals surface area contributed by atoms with E-state index in [1.165, 1.54) is 27.4 Å². The highest BCUT2D eigenvalue weighted by atomic mass is 16.3.